The van der Waals surface area contributed by atoms with Crippen LogP contribution in [0.3, 0.4) is 0 Å². The maximum atomic E-state index is 13.8. The van der Waals surface area contributed by atoms with Crippen molar-refractivity contribution >= 4 is 52.7 Å². The number of hydrogen-bond acceptors (Lipinski definition) is 2. The van der Waals surface area contributed by atoms with Crippen molar-refractivity contribution < 1.29 is 49.1 Å². The molecule has 4 nitrogen and oxygen atoms in total. The lowest BCUT2D eigenvalue weighted by Gasteiger charge is -2.21. The first-order valence-electron chi connectivity index (χ1n) is 11.5. The molecule has 0 saturated heterocycles. The normalized spacial score (nSPS) is 14.2. The Balaban J connectivity index is 2.35. The average Bonchev–Trinajstić information content (AvgIpc) is 2.83. The Hall–Kier alpha value is -2.64. The molecule has 1 unspecified atom stereocenters. The number of allylic oxidation sites excluding steroid dienone is 1. The van der Waals surface area contributed by atoms with Crippen molar-refractivity contribution in [1.29, 1.82) is 0 Å². The van der Waals surface area contributed by atoms with Crippen LogP contribution in [0.25, 0.3) is 6.08 Å². The maximum Gasteiger partial charge on any atom is 0.417 e. The number of carbonyl (C=O) groups is 2. The third-order valence-electron chi connectivity index (χ3n) is 5.48. The second-order valence-electron chi connectivity index (χ2n) is 8.60. The summed E-state index contributed by atoms with van der Waals surface area (Å²) in [5.41, 5.74) is -3.21. The van der Waals surface area contributed by atoms with E-state index in [1.165, 1.54) is 6.92 Å². The number of alkyl halides is 9. The lowest BCUT2D eigenvalue weighted by atomic mass is 9.96. The minimum absolute atomic E-state index is 0.0801. The molecule has 0 aliphatic carbocycles. The molecule has 0 aliphatic rings. The minimum atomic E-state index is -5.13. The highest BCUT2D eigenvalue weighted by Crippen LogP contribution is 2.41. The number of amides is 2. The third kappa shape index (κ3) is 10.3. The molecule has 0 spiro atoms. The van der Waals surface area contributed by atoms with Crippen LogP contribution >= 0.6 is 34.8 Å². The van der Waals surface area contributed by atoms with Crippen LogP contribution in [0.15, 0.2) is 36.4 Å². The molecule has 0 aliphatic heterocycles. The van der Waals surface area contributed by atoms with Gasteiger partial charge in [-0.15, -0.1) is 0 Å². The first-order valence-corrected chi connectivity index (χ1v) is 12.6. The van der Waals surface area contributed by atoms with Crippen molar-refractivity contribution in [2.45, 2.75) is 56.8 Å². The zero-order valence-corrected chi connectivity index (χ0v) is 22.9. The highest BCUT2D eigenvalue weighted by Gasteiger charge is 2.40. The van der Waals surface area contributed by atoms with E-state index in [2.05, 4.69) is 10.6 Å². The minimum Gasteiger partial charge on any atom is -0.336 e. The van der Waals surface area contributed by atoms with Gasteiger partial charge in [0.2, 0.25) is 5.91 Å². The lowest BCUT2D eigenvalue weighted by Crippen LogP contribution is -2.48. The van der Waals surface area contributed by atoms with Gasteiger partial charge in [0.1, 0.15) is 6.17 Å². The largest absolute Gasteiger partial charge is 0.417 e. The summed E-state index contributed by atoms with van der Waals surface area (Å²) in [6, 6.07) is 3.95. The number of carbonyl (C=O) groups excluding carboxylic acids is 2. The molecule has 226 valence electrons. The molecule has 0 saturated carbocycles. The number of rotatable bonds is 9. The van der Waals surface area contributed by atoms with Gasteiger partial charge >= 0.3 is 18.5 Å². The summed E-state index contributed by atoms with van der Waals surface area (Å²) in [6.45, 7) is 1.41. The Bertz CT molecular complexity index is 1270. The third-order valence-corrected chi connectivity index (χ3v) is 6.67. The van der Waals surface area contributed by atoms with E-state index >= 15 is 0 Å². The van der Waals surface area contributed by atoms with E-state index in [9.17, 15) is 49.1 Å². The van der Waals surface area contributed by atoms with E-state index < -0.39 is 72.0 Å². The molecular formula is C25H20Cl3F9N2O2. The lowest BCUT2D eigenvalue weighted by molar-refractivity contribution is -0.144. The molecule has 2 N–H and O–H groups in total. The van der Waals surface area contributed by atoms with Crippen molar-refractivity contribution in [1.82, 2.24) is 10.6 Å². The molecule has 41 heavy (non-hydrogen) atoms. The number of benzene rings is 2. The molecule has 2 aromatic carbocycles. The summed E-state index contributed by atoms with van der Waals surface area (Å²) in [4.78, 5) is 24.4. The van der Waals surface area contributed by atoms with Crippen LogP contribution in [0.4, 0.5) is 39.5 Å². The van der Waals surface area contributed by atoms with E-state index in [1.807, 2.05) is 0 Å². The number of halogens is 12. The molecule has 2 atom stereocenters. The van der Waals surface area contributed by atoms with Gasteiger partial charge in [-0.25, -0.2) is 0 Å². The molecule has 16 heteroatoms. The molecule has 0 fully saturated rings. The molecule has 2 amide bonds. The molecule has 0 heterocycles. The molecular weight excluding hydrogens is 638 g/mol. The van der Waals surface area contributed by atoms with Gasteiger partial charge < -0.3 is 10.6 Å². The van der Waals surface area contributed by atoms with Gasteiger partial charge in [-0.05, 0) is 41.8 Å². The summed E-state index contributed by atoms with van der Waals surface area (Å²) in [6.07, 6.45) is -17.1. The highest BCUT2D eigenvalue weighted by atomic mass is 35.5. The van der Waals surface area contributed by atoms with Crippen molar-refractivity contribution in [3.8, 4) is 0 Å². The molecule has 2 aromatic rings. The molecule has 0 radical (unpaired) electrons. The standard InChI is InChI=1S/C25H20Cl3F9N2O2/c1-2-19(38-20(40)7-8-23(29,30)31)39-22(41)14-5-3-12(9-16(14)25(35,36)37)4-6-15(24(32,33)34)13-10-17(26)21(28)18(27)11-13/h3-6,9-11,15,19H,2,7-8H2,1H3,(H,38,40)(H,39,41)/t15?,19-/m1/s1. The Kier molecular flexibility index (Phi) is 11.4. The quantitative estimate of drug-likeness (QED) is 0.161. The van der Waals surface area contributed by atoms with Crippen molar-refractivity contribution in [2.75, 3.05) is 0 Å². The van der Waals surface area contributed by atoms with Gasteiger partial charge in [-0.2, -0.15) is 39.5 Å². The van der Waals surface area contributed by atoms with E-state index in [4.69, 9.17) is 34.8 Å². The van der Waals surface area contributed by atoms with E-state index in [-0.39, 0.29) is 27.1 Å². The first-order chi connectivity index (χ1) is 18.7. The summed E-state index contributed by atoms with van der Waals surface area (Å²) < 4.78 is 120. The van der Waals surface area contributed by atoms with E-state index in [0.29, 0.717) is 18.2 Å². The van der Waals surface area contributed by atoms with Crippen molar-refractivity contribution in [3.63, 3.8) is 0 Å². The van der Waals surface area contributed by atoms with Crippen LogP contribution in [0.2, 0.25) is 15.1 Å². The van der Waals surface area contributed by atoms with Crippen molar-refractivity contribution in [2.24, 2.45) is 0 Å². The number of hydrogen-bond donors (Lipinski definition) is 2. The fourth-order valence-electron chi connectivity index (χ4n) is 3.47. The fraction of sp³-hybridized carbons (Fsp3) is 0.360. The van der Waals surface area contributed by atoms with Gasteiger partial charge in [0.15, 0.2) is 0 Å². The maximum absolute atomic E-state index is 13.8. The smallest absolute Gasteiger partial charge is 0.336 e. The number of nitrogens with one attached hydrogen (secondary N) is 2. The SMILES string of the molecule is CC[C@H](NC(=O)CCC(F)(F)F)NC(=O)c1ccc(C=CC(c2cc(Cl)c(Cl)c(Cl)c2)C(F)(F)F)cc1C(F)(F)F. The van der Waals surface area contributed by atoms with Crippen molar-refractivity contribution in [3.05, 3.63) is 73.7 Å². The predicted molar refractivity (Wildman–Crippen MR) is 136 cm³/mol. The Morgan fingerprint density at radius 1 is 0.902 bits per heavy atom. The Morgan fingerprint density at radius 3 is 1.98 bits per heavy atom. The van der Waals surface area contributed by atoms with E-state index in [1.54, 1.807) is 0 Å². The summed E-state index contributed by atoms with van der Waals surface area (Å²) in [5, 5.41) is 3.46. The summed E-state index contributed by atoms with van der Waals surface area (Å²) in [7, 11) is 0. The van der Waals surface area contributed by atoms with Gasteiger partial charge in [0.05, 0.1) is 38.5 Å². The first kappa shape index (κ1) is 34.6. The Morgan fingerprint density at radius 2 is 1.49 bits per heavy atom. The zero-order valence-electron chi connectivity index (χ0n) is 20.7. The van der Waals surface area contributed by atoms with Crippen LogP contribution in [0, 0.1) is 0 Å². The van der Waals surface area contributed by atoms with Crippen LogP contribution in [-0.4, -0.2) is 30.3 Å². The molecule has 0 aromatic heterocycles. The monoisotopic (exact) mass is 656 g/mol. The highest BCUT2D eigenvalue weighted by molar-refractivity contribution is 6.48. The van der Waals surface area contributed by atoms with Crippen LogP contribution in [0.1, 0.15) is 59.2 Å². The second kappa shape index (κ2) is 13.6. The Labute approximate surface area is 242 Å². The summed E-state index contributed by atoms with van der Waals surface area (Å²) in [5.74, 6) is -4.75. The van der Waals surface area contributed by atoms with Gasteiger partial charge in [0.25, 0.3) is 5.91 Å². The van der Waals surface area contributed by atoms with Gasteiger partial charge in [-0.3, -0.25) is 9.59 Å². The molecule has 0 bridgehead atoms. The average molecular weight is 658 g/mol. The van der Waals surface area contributed by atoms with Crippen LogP contribution in [-0.2, 0) is 11.0 Å². The topological polar surface area (TPSA) is 58.2 Å². The summed E-state index contributed by atoms with van der Waals surface area (Å²) >= 11 is 17.4. The van der Waals surface area contributed by atoms with Gasteiger partial charge in [-0.1, -0.05) is 59.9 Å². The van der Waals surface area contributed by atoms with Crippen LogP contribution in [0.5, 0.6) is 0 Å². The van der Waals surface area contributed by atoms with Gasteiger partial charge in [0, 0.05) is 6.42 Å². The van der Waals surface area contributed by atoms with E-state index in [0.717, 1.165) is 24.3 Å². The zero-order chi connectivity index (χ0) is 31.3. The van der Waals surface area contributed by atoms with Crippen LogP contribution < -0.4 is 10.6 Å². The molecule has 2 rings (SSSR count). The second-order valence-corrected chi connectivity index (χ2v) is 9.79. The fourth-order valence-corrected chi connectivity index (χ4v) is 4.08. The predicted octanol–water partition coefficient (Wildman–Crippen LogP) is 8.95.